The van der Waals surface area contributed by atoms with E-state index < -0.39 is 29.1 Å². The van der Waals surface area contributed by atoms with Gasteiger partial charge in [0.1, 0.15) is 5.69 Å². The van der Waals surface area contributed by atoms with Gasteiger partial charge in [0.15, 0.2) is 0 Å². The summed E-state index contributed by atoms with van der Waals surface area (Å²) in [7, 11) is 0. The Hall–Kier alpha value is -2.84. The molecule has 0 fully saturated rings. The lowest BCUT2D eigenvalue weighted by molar-refractivity contribution is -0.141. The minimum Gasteiger partial charge on any atom is -0.459 e. The Morgan fingerprint density at radius 1 is 1.20 bits per heavy atom. The van der Waals surface area contributed by atoms with Crippen molar-refractivity contribution in [2.75, 3.05) is 0 Å². The number of benzene rings is 1. The first-order chi connectivity index (χ1) is 11.5. The Bertz CT molecular complexity index is 895. The predicted octanol–water partition coefficient (Wildman–Crippen LogP) is 2.42. The number of carbonyl (C=O) groups excluding carboxylic acids is 1. The number of H-pyrrole nitrogens is 1. The molecule has 0 atom stereocenters. The molecule has 0 amide bonds. The van der Waals surface area contributed by atoms with Crippen LogP contribution in [0.1, 0.15) is 35.5 Å². The zero-order valence-corrected chi connectivity index (χ0v) is 13.6. The summed E-state index contributed by atoms with van der Waals surface area (Å²) in [5, 5.41) is 0. The lowest BCUT2D eigenvalue weighted by atomic mass is 10.1. The quantitative estimate of drug-likeness (QED) is 0.857. The Kier molecular flexibility index (Phi) is 4.87. The molecule has 0 aliphatic heterocycles. The molecule has 0 spiro atoms. The highest BCUT2D eigenvalue weighted by atomic mass is 19.4. The first-order valence-electron chi connectivity index (χ1n) is 7.26. The Balaban J connectivity index is 2.59. The summed E-state index contributed by atoms with van der Waals surface area (Å²) in [6, 6.07) is 4.33. The van der Waals surface area contributed by atoms with Crippen LogP contribution in [0.25, 0.3) is 5.69 Å². The van der Waals surface area contributed by atoms with Crippen molar-refractivity contribution < 1.29 is 22.7 Å². The first-order valence-corrected chi connectivity index (χ1v) is 7.26. The SMILES string of the molecule is Cc1ccc(-n2c(=O)cc(C(F)(F)F)[nH]c2=O)cc1C(=O)OC(C)C. The summed E-state index contributed by atoms with van der Waals surface area (Å²) in [6.07, 6.45) is -5.23. The number of esters is 1. The van der Waals surface area contributed by atoms with Gasteiger partial charge >= 0.3 is 17.8 Å². The highest BCUT2D eigenvalue weighted by Crippen LogP contribution is 2.25. The molecule has 9 heteroatoms. The Morgan fingerprint density at radius 3 is 2.36 bits per heavy atom. The maximum Gasteiger partial charge on any atom is 0.431 e. The van der Waals surface area contributed by atoms with Gasteiger partial charge < -0.3 is 9.72 Å². The number of alkyl halides is 3. The maximum atomic E-state index is 12.6. The van der Waals surface area contributed by atoms with Crippen LogP contribution in [0.2, 0.25) is 0 Å². The van der Waals surface area contributed by atoms with Gasteiger partial charge in [-0.15, -0.1) is 0 Å². The first kappa shape index (κ1) is 18.5. The van der Waals surface area contributed by atoms with E-state index in [2.05, 4.69) is 0 Å². The summed E-state index contributed by atoms with van der Waals surface area (Å²) in [5.74, 6) is -0.661. The Morgan fingerprint density at radius 2 is 1.84 bits per heavy atom. The monoisotopic (exact) mass is 356 g/mol. The fourth-order valence-electron chi connectivity index (χ4n) is 2.14. The number of rotatable bonds is 3. The number of hydrogen-bond donors (Lipinski definition) is 1. The molecule has 0 aliphatic carbocycles. The van der Waals surface area contributed by atoms with Gasteiger partial charge in [-0.25, -0.2) is 14.2 Å². The topological polar surface area (TPSA) is 81.2 Å². The minimum absolute atomic E-state index is 0.0405. The van der Waals surface area contributed by atoms with Crippen LogP contribution >= 0.6 is 0 Å². The summed E-state index contributed by atoms with van der Waals surface area (Å²) >= 11 is 0. The number of nitrogens with one attached hydrogen (secondary N) is 1. The summed E-state index contributed by atoms with van der Waals surface area (Å²) in [6.45, 7) is 4.94. The van der Waals surface area contributed by atoms with Gasteiger partial charge in [-0.2, -0.15) is 13.2 Å². The van der Waals surface area contributed by atoms with Crippen molar-refractivity contribution in [3.05, 3.63) is 61.9 Å². The van der Waals surface area contributed by atoms with E-state index in [1.54, 1.807) is 25.8 Å². The molecule has 0 saturated heterocycles. The van der Waals surface area contributed by atoms with E-state index in [-0.39, 0.29) is 23.4 Å². The van der Waals surface area contributed by atoms with E-state index in [0.29, 0.717) is 10.1 Å². The van der Waals surface area contributed by atoms with Gasteiger partial charge in [0.25, 0.3) is 5.56 Å². The van der Waals surface area contributed by atoms with Crippen molar-refractivity contribution >= 4 is 5.97 Å². The average molecular weight is 356 g/mol. The molecule has 1 aromatic heterocycles. The van der Waals surface area contributed by atoms with Crippen LogP contribution in [0, 0.1) is 6.92 Å². The number of aryl methyl sites for hydroxylation is 1. The van der Waals surface area contributed by atoms with Crippen LogP contribution in [0.4, 0.5) is 13.2 Å². The van der Waals surface area contributed by atoms with Gasteiger partial charge in [-0.3, -0.25) is 4.79 Å². The Labute approximate surface area is 139 Å². The number of nitrogens with zero attached hydrogens (tertiary/aromatic N) is 1. The van der Waals surface area contributed by atoms with Crippen LogP contribution < -0.4 is 11.2 Å². The highest BCUT2D eigenvalue weighted by Gasteiger charge is 2.33. The van der Waals surface area contributed by atoms with Gasteiger partial charge in [0.05, 0.1) is 17.4 Å². The number of aromatic amines is 1. The molecule has 25 heavy (non-hydrogen) atoms. The lowest BCUT2D eigenvalue weighted by Crippen LogP contribution is -2.36. The molecule has 2 aromatic rings. The van der Waals surface area contributed by atoms with Crippen molar-refractivity contribution in [3.8, 4) is 5.69 Å². The van der Waals surface area contributed by atoms with Crippen molar-refractivity contribution in [3.63, 3.8) is 0 Å². The normalized spacial score (nSPS) is 11.6. The molecule has 1 N–H and O–H groups in total. The van der Waals surface area contributed by atoms with E-state index >= 15 is 0 Å². The van der Waals surface area contributed by atoms with Crippen molar-refractivity contribution in [1.29, 1.82) is 0 Å². The van der Waals surface area contributed by atoms with Crippen molar-refractivity contribution in [2.24, 2.45) is 0 Å². The third kappa shape index (κ3) is 3.98. The second-order valence-corrected chi connectivity index (χ2v) is 5.61. The average Bonchev–Trinajstić information content (AvgIpc) is 2.46. The second-order valence-electron chi connectivity index (χ2n) is 5.61. The summed E-state index contributed by atoms with van der Waals surface area (Å²) in [4.78, 5) is 37.6. The van der Waals surface area contributed by atoms with Crippen LogP contribution in [0.15, 0.2) is 33.9 Å². The smallest absolute Gasteiger partial charge is 0.431 e. The third-order valence-electron chi connectivity index (χ3n) is 3.28. The van der Waals surface area contributed by atoms with Gasteiger partial charge in [0.2, 0.25) is 0 Å². The fraction of sp³-hybridized carbons (Fsp3) is 0.312. The van der Waals surface area contributed by atoms with Crippen LogP contribution in [-0.4, -0.2) is 21.6 Å². The zero-order chi connectivity index (χ0) is 18.9. The fourth-order valence-corrected chi connectivity index (χ4v) is 2.14. The number of carbonyl (C=O) groups is 1. The standard InChI is InChI=1S/C16H15F3N2O4/c1-8(2)25-14(23)11-6-10(5-4-9(11)3)21-13(22)7-12(16(17,18)19)20-15(21)24/h4-8H,1-3H3,(H,20,24). The number of ether oxygens (including phenoxy) is 1. The summed E-state index contributed by atoms with van der Waals surface area (Å²) < 4.78 is 43.5. The molecule has 0 radical (unpaired) electrons. The third-order valence-corrected chi connectivity index (χ3v) is 3.28. The summed E-state index contributed by atoms with van der Waals surface area (Å²) in [5.41, 5.74) is -3.26. The number of aromatic nitrogens is 2. The highest BCUT2D eigenvalue weighted by molar-refractivity contribution is 5.91. The number of halogens is 3. The molecular formula is C16H15F3N2O4. The molecule has 134 valence electrons. The van der Waals surface area contributed by atoms with Crippen molar-refractivity contribution in [1.82, 2.24) is 9.55 Å². The molecule has 2 rings (SSSR count). The van der Waals surface area contributed by atoms with Gasteiger partial charge in [-0.05, 0) is 38.5 Å². The largest absolute Gasteiger partial charge is 0.459 e. The number of hydrogen-bond acceptors (Lipinski definition) is 4. The van der Waals surface area contributed by atoms with Gasteiger partial charge in [-0.1, -0.05) is 6.07 Å². The van der Waals surface area contributed by atoms with E-state index in [4.69, 9.17) is 4.74 Å². The van der Waals surface area contributed by atoms with E-state index in [1.165, 1.54) is 18.2 Å². The van der Waals surface area contributed by atoms with E-state index in [1.807, 2.05) is 0 Å². The molecule has 0 saturated carbocycles. The molecule has 1 heterocycles. The molecule has 0 unspecified atom stereocenters. The minimum atomic E-state index is -4.85. The van der Waals surface area contributed by atoms with Crippen LogP contribution in [0.3, 0.4) is 0 Å². The molecule has 1 aromatic carbocycles. The van der Waals surface area contributed by atoms with Crippen LogP contribution in [-0.2, 0) is 10.9 Å². The molecule has 6 nitrogen and oxygen atoms in total. The molecular weight excluding hydrogens is 341 g/mol. The van der Waals surface area contributed by atoms with E-state index in [0.717, 1.165) is 0 Å². The van der Waals surface area contributed by atoms with Gasteiger partial charge in [0, 0.05) is 6.07 Å². The maximum absolute atomic E-state index is 12.6. The molecule has 0 bridgehead atoms. The zero-order valence-electron chi connectivity index (χ0n) is 13.6. The predicted molar refractivity (Wildman–Crippen MR) is 83.0 cm³/mol. The molecule has 0 aliphatic rings. The lowest BCUT2D eigenvalue weighted by Gasteiger charge is -2.12. The van der Waals surface area contributed by atoms with Crippen molar-refractivity contribution in [2.45, 2.75) is 33.1 Å². The second kappa shape index (κ2) is 6.58. The van der Waals surface area contributed by atoms with E-state index in [9.17, 15) is 27.6 Å². The van der Waals surface area contributed by atoms with Crippen LogP contribution in [0.5, 0.6) is 0 Å².